The second-order valence-corrected chi connectivity index (χ2v) is 13.4. The molecule has 0 aliphatic heterocycles. The van der Waals surface area contributed by atoms with E-state index in [9.17, 15) is 18.0 Å². The molecule has 3 aromatic rings. The van der Waals surface area contributed by atoms with Crippen molar-refractivity contribution in [2.24, 2.45) is 5.92 Å². The van der Waals surface area contributed by atoms with Crippen molar-refractivity contribution in [3.05, 3.63) is 90.0 Å². The van der Waals surface area contributed by atoms with Crippen LogP contribution in [0.3, 0.4) is 0 Å². The van der Waals surface area contributed by atoms with E-state index in [1.165, 1.54) is 31.4 Å². The number of carbonyl (C=O) groups is 2. The van der Waals surface area contributed by atoms with Crippen LogP contribution in [0, 0.1) is 5.92 Å². The minimum Gasteiger partial charge on any atom is -0.497 e. The van der Waals surface area contributed by atoms with Crippen molar-refractivity contribution in [2.45, 2.75) is 76.6 Å². The number of amides is 1. The first-order chi connectivity index (χ1) is 20.3. The van der Waals surface area contributed by atoms with Crippen molar-refractivity contribution in [3.8, 4) is 11.5 Å². The van der Waals surface area contributed by atoms with Gasteiger partial charge in [-0.3, -0.25) is 4.79 Å². The summed E-state index contributed by atoms with van der Waals surface area (Å²) in [5.41, 5.74) is 1.02. The molecule has 1 amide bonds. The van der Waals surface area contributed by atoms with Crippen LogP contribution in [-0.2, 0) is 37.4 Å². The van der Waals surface area contributed by atoms with E-state index in [0.717, 1.165) is 11.1 Å². The predicted molar refractivity (Wildman–Crippen MR) is 165 cm³/mol. The summed E-state index contributed by atoms with van der Waals surface area (Å²) in [6.45, 7) is 9.41. The summed E-state index contributed by atoms with van der Waals surface area (Å²) in [7, 11) is -2.56. The van der Waals surface area contributed by atoms with Crippen LogP contribution in [0.25, 0.3) is 0 Å². The smallest absolute Gasteiger partial charge is 0.329 e. The first kappa shape index (κ1) is 33.6. The van der Waals surface area contributed by atoms with Crippen LogP contribution in [0.4, 0.5) is 0 Å². The quantitative estimate of drug-likeness (QED) is 0.246. The molecule has 9 nitrogen and oxygen atoms in total. The van der Waals surface area contributed by atoms with Gasteiger partial charge in [0.15, 0.2) is 0 Å². The largest absolute Gasteiger partial charge is 0.497 e. The van der Waals surface area contributed by atoms with E-state index in [4.69, 9.17) is 14.2 Å². The van der Waals surface area contributed by atoms with Gasteiger partial charge in [0.25, 0.3) is 0 Å². The lowest BCUT2D eigenvalue weighted by atomic mass is 10.0. The van der Waals surface area contributed by atoms with Gasteiger partial charge in [0.05, 0.1) is 12.0 Å². The molecule has 10 heteroatoms. The van der Waals surface area contributed by atoms with Gasteiger partial charge in [-0.1, -0.05) is 56.3 Å². The molecule has 0 unspecified atom stereocenters. The van der Waals surface area contributed by atoms with Crippen molar-refractivity contribution in [2.75, 3.05) is 7.11 Å². The SMILES string of the molecule is COc1ccc(S(=O)(=O)N[C@@H](CC(C)C)C(=O)N[C@@H](Cc2ccc(OCc3ccccc3)cc2)C(=O)OC(C)(C)C)cc1. The lowest BCUT2D eigenvalue weighted by molar-refractivity contribution is -0.158. The molecule has 0 bridgehead atoms. The van der Waals surface area contributed by atoms with Gasteiger partial charge in [0, 0.05) is 6.42 Å². The van der Waals surface area contributed by atoms with Crippen LogP contribution >= 0.6 is 0 Å². The van der Waals surface area contributed by atoms with E-state index < -0.39 is 39.6 Å². The first-order valence-corrected chi connectivity index (χ1v) is 15.7. The molecule has 0 aliphatic carbocycles. The van der Waals surface area contributed by atoms with Crippen LogP contribution in [0.15, 0.2) is 83.8 Å². The Labute approximate surface area is 255 Å². The molecule has 0 saturated heterocycles. The average Bonchev–Trinajstić information content (AvgIpc) is 2.95. The normalized spacial score (nSPS) is 13.2. The maximum Gasteiger partial charge on any atom is 0.329 e. The third-order valence-electron chi connectivity index (χ3n) is 6.31. The molecule has 232 valence electrons. The number of hydrogen-bond acceptors (Lipinski definition) is 7. The molecule has 2 N–H and O–H groups in total. The van der Waals surface area contributed by atoms with Crippen molar-refractivity contribution < 1.29 is 32.2 Å². The fraction of sp³-hybridized carbons (Fsp3) is 0.394. The van der Waals surface area contributed by atoms with Crippen LogP contribution in [0.2, 0.25) is 0 Å². The lowest BCUT2D eigenvalue weighted by Gasteiger charge is -2.27. The minimum atomic E-state index is -4.05. The molecule has 3 aromatic carbocycles. The van der Waals surface area contributed by atoms with E-state index in [1.807, 2.05) is 56.3 Å². The number of ether oxygens (including phenoxy) is 3. The molecule has 0 radical (unpaired) electrons. The molecule has 2 atom stereocenters. The second-order valence-electron chi connectivity index (χ2n) is 11.7. The van der Waals surface area contributed by atoms with Gasteiger partial charge in [-0.2, -0.15) is 4.72 Å². The maximum absolute atomic E-state index is 13.5. The van der Waals surface area contributed by atoms with Gasteiger partial charge < -0.3 is 19.5 Å². The van der Waals surface area contributed by atoms with Gasteiger partial charge in [-0.05, 0) is 80.6 Å². The van der Waals surface area contributed by atoms with Gasteiger partial charge in [-0.25, -0.2) is 13.2 Å². The predicted octanol–water partition coefficient (Wildman–Crippen LogP) is 5.04. The summed E-state index contributed by atoms with van der Waals surface area (Å²) in [6.07, 6.45) is 0.356. The summed E-state index contributed by atoms with van der Waals surface area (Å²) in [6, 6.07) is 20.7. The number of methoxy groups -OCH3 is 1. The van der Waals surface area contributed by atoms with Gasteiger partial charge in [0.2, 0.25) is 15.9 Å². The number of benzene rings is 3. The molecular formula is C33H42N2O7S. The number of sulfonamides is 1. The summed E-state index contributed by atoms with van der Waals surface area (Å²) in [5.74, 6) is -0.0874. The van der Waals surface area contributed by atoms with Crippen molar-refractivity contribution in [1.82, 2.24) is 10.0 Å². The van der Waals surface area contributed by atoms with E-state index in [0.29, 0.717) is 18.1 Å². The number of carbonyl (C=O) groups excluding carboxylic acids is 2. The Balaban J connectivity index is 1.77. The molecule has 0 spiro atoms. The summed E-state index contributed by atoms with van der Waals surface area (Å²) < 4.78 is 45.4. The fourth-order valence-electron chi connectivity index (χ4n) is 4.23. The molecular weight excluding hydrogens is 568 g/mol. The monoisotopic (exact) mass is 610 g/mol. The molecule has 0 aromatic heterocycles. The highest BCUT2D eigenvalue weighted by atomic mass is 32.2. The Kier molecular flexibility index (Phi) is 11.7. The molecule has 43 heavy (non-hydrogen) atoms. The van der Waals surface area contributed by atoms with E-state index >= 15 is 0 Å². The lowest BCUT2D eigenvalue weighted by Crippen LogP contribution is -2.53. The van der Waals surface area contributed by atoms with E-state index in [1.54, 1.807) is 32.9 Å². The first-order valence-electron chi connectivity index (χ1n) is 14.2. The zero-order chi connectivity index (χ0) is 31.6. The molecule has 0 fully saturated rings. The van der Waals surface area contributed by atoms with E-state index in [2.05, 4.69) is 10.0 Å². The molecule has 0 aliphatic rings. The fourth-order valence-corrected chi connectivity index (χ4v) is 5.44. The van der Waals surface area contributed by atoms with Crippen LogP contribution in [0.5, 0.6) is 11.5 Å². The third kappa shape index (κ3) is 11.0. The zero-order valence-electron chi connectivity index (χ0n) is 25.6. The van der Waals surface area contributed by atoms with Crippen LogP contribution in [0.1, 0.15) is 52.2 Å². The number of rotatable bonds is 14. The summed E-state index contributed by atoms with van der Waals surface area (Å²) in [4.78, 5) is 26.8. The van der Waals surface area contributed by atoms with Crippen LogP contribution < -0.4 is 19.5 Å². The number of esters is 1. The molecule has 3 rings (SSSR count). The van der Waals surface area contributed by atoms with Gasteiger partial charge in [0.1, 0.15) is 35.8 Å². The van der Waals surface area contributed by atoms with Crippen molar-refractivity contribution in [1.29, 1.82) is 0 Å². The zero-order valence-corrected chi connectivity index (χ0v) is 26.4. The Morgan fingerprint density at radius 1 is 0.814 bits per heavy atom. The van der Waals surface area contributed by atoms with Crippen molar-refractivity contribution >= 4 is 21.9 Å². The van der Waals surface area contributed by atoms with Crippen LogP contribution in [-0.4, -0.2) is 45.1 Å². The highest BCUT2D eigenvalue weighted by Crippen LogP contribution is 2.19. The maximum atomic E-state index is 13.5. The Hall–Kier alpha value is -3.89. The molecule has 0 saturated carbocycles. The average molecular weight is 611 g/mol. The minimum absolute atomic E-state index is 0.00637. The highest BCUT2D eigenvalue weighted by Gasteiger charge is 2.32. The Morgan fingerprint density at radius 2 is 1.42 bits per heavy atom. The Bertz CT molecular complexity index is 1430. The van der Waals surface area contributed by atoms with Gasteiger partial charge in [-0.15, -0.1) is 0 Å². The highest BCUT2D eigenvalue weighted by molar-refractivity contribution is 7.89. The van der Waals surface area contributed by atoms with E-state index in [-0.39, 0.29) is 23.7 Å². The topological polar surface area (TPSA) is 120 Å². The summed E-state index contributed by atoms with van der Waals surface area (Å²) >= 11 is 0. The number of hydrogen-bond donors (Lipinski definition) is 2. The van der Waals surface area contributed by atoms with Gasteiger partial charge >= 0.3 is 5.97 Å². The summed E-state index contributed by atoms with van der Waals surface area (Å²) in [5, 5.41) is 2.76. The van der Waals surface area contributed by atoms with Crippen molar-refractivity contribution in [3.63, 3.8) is 0 Å². The standard InChI is InChI=1S/C33H42N2O7S/c1-23(2)20-29(35-43(38,39)28-18-16-26(40-6)17-19-28)31(36)34-30(32(37)42-33(3,4)5)21-24-12-14-27(15-13-24)41-22-25-10-8-7-9-11-25/h7-19,23,29-30,35H,20-22H2,1-6H3,(H,34,36)/t29-,30-/m0/s1. The second kappa shape index (κ2) is 15.0. The number of nitrogens with one attached hydrogen (secondary N) is 2. The Morgan fingerprint density at radius 3 is 1.98 bits per heavy atom. The third-order valence-corrected chi connectivity index (χ3v) is 7.80. The molecule has 0 heterocycles.